The number of hydrogen-bond donors (Lipinski definition) is 2. The maximum absolute atomic E-state index is 12.1. The van der Waals surface area contributed by atoms with Crippen molar-refractivity contribution in [2.75, 3.05) is 32.8 Å². The number of benzene rings is 1. The van der Waals surface area contributed by atoms with Crippen LogP contribution in [-0.4, -0.2) is 56.0 Å². The Hall–Kier alpha value is -2.49. The predicted octanol–water partition coefficient (Wildman–Crippen LogP) is 0.848. The molecule has 1 aliphatic rings. The van der Waals surface area contributed by atoms with Gasteiger partial charge in [-0.2, -0.15) is 0 Å². The topological polar surface area (TPSA) is 89.2 Å². The van der Waals surface area contributed by atoms with Gasteiger partial charge in [0.15, 0.2) is 5.96 Å². The number of alkyl halides is 3. The summed E-state index contributed by atoms with van der Waals surface area (Å²) in [5, 5.41) is 2.71. The van der Waals surface area contributed by atoms with Crippen LogP contribution in [0.1, 0.15) is 5.56 Å². The molecule has 1 amide bonds. The molecule has 1 heterocycles. The van der Waals surface area contributed by atoms with E-state index in [0.717, 1.165) is 0 Å². The molecule has 0 saturated carbocycles. The van der Waals surface area contributed by atoms with E-state index in [-0.39, 0.29) is 30.7 Å². The van der Waals surface area contributed by atoms with Gasteiger partial charge in [-0.25, -0.2) is 4.99 Å². The fourth-order valence-electron chi connectivity index (χ4n) is 2.12. The molecule has 0 aromatic heterocycles. The number of nitrogens with one attached hydrogen (secondary N) is 1. The third-order valence-electron chi connectivity index (χ3n) is 3.37. The predicted molar refractivity (Wildman–Crippen MR) is 83.9 cm³/mol. The molecule has 25 heavy (non-hydrogen) atoms. The van der Waals surface area contributed by atoms with Gasteiger partial charge < -0.3 is 25.4 Å². The van der Waals surface area contributed by atoms with Crippen LogP contribution in [0.15, 0.2) is 29.3 Å². The number of carbonyl (C=O) groups excluding carboxylic acids is 1. The van der Waals surface area contributed by atoms with Crippen LogP contribution in [0.3, 0.4) is 0 Å². The Labute approximate surface area is 142 Å². The smallest absolute Gasteiger partial charge is 0.406 e. The molecule has 1 fully saturated rings. The van der Waals surface area contributed by atoms with Crippen LogP contribution in [-0.2, 0) is 16.1 Å². The minimum Gasteiger partial charge on any atom is -0.406 e. The van der Waals surface area contributed by atoms with E-state index in [1.54, 1.807) is 4.90 Å². The Kier molecular flexibility index (Phi) is 6.45. The van der Waals surface area contributed by atoms with Gasteiger partial charge >= 0.3 is 6.36 Å². The average molecular weight is 360 g/mol. The lowest BCUT2D eigenvalue weighted by Gasteiger charge is -2.26. The summed E-state index contributed by atoms with van der Waals surface area (Å²) in [5.74, 6) is -0.324. The number of aliphatic imine (C=N–C) groups is 1. The molecule has 10 heteroatoms. The summed E-state index contributed by atoms with van der Waals surface area (Å²) in [7, 11) is 0. The van der Waals surface area contributed by atoms with Crippen LogP contribution in [0.5, 0.6) is 5.75 Å². The molecule has 138 valence electrons. The maximum atomic E-state index is 12.1. The van der Waals surface area contributed by atoms with Crippen LogP contribution in [0.2, 0.25) is 0 Å². The lowest BCUT2D eigenvalue weighted by atomic mass is 10.2. The number of carbonyl (C=O) groups is 1. The first-order valence-corrected chi connectivity index (χ1v) is 7.57. The van der Waals surface area contributed by atoms with Crippen molar-refractivity contribution < 1.29 is 27.4 Å². The van der Waals surface area contributed by atoms with E-state index < -0.39 is 6.36 Å². The number of halogens is 3. The molecule has 0 atom stereocenters. The van der Waals surface area contributed by atoms with Crippen LogP contribution in [0, 0.1) is 0 Å². The van der Waals surface area contributed by atoms with Crippen molar-refractivity contribution in [1.29, 1.82) is 0 Å². The van der Waals surface area contributed by atoms with Crippen molar-refractivity contribution >= 4 is 11.9 Å². The van der Waals surface area contributed by atoms with Gasteiger partial charge in [0.25, 0.3) is 0 Å². The summed E-state index contributed by atoms with van der Waals surface area (Å²) < 4.78 is 45.2. The van der Waals surface area contributed by atoms with Gasteiger partial charge in [-0.1, -0.05) is 12.1 Å². The second-order valence-electron chi connectivity index (χ2n) is 5.24. The van der Waals surface area contributed by atoms with E-state index in [4.69, 9.17) is 10.5 Å². The Morgan fingerprint density at radius 1 is 1.28 bits per heavy atom. The number of ether oxygens (including phenoxy) is 2. The molecule has 0 aliphatic carbocycles. The molecule has 2 rings (SSSR count). The lowest BCUT2D eigenvalue weighted by molar-refractivity contribution is -0.274. The van der Waals surface area contributed by atoms with Gasteiger partial charge in [0.1, 0.15) is 5.75 Å². The number of nitrogens with zero attached hydrogens (tertiary/aromatic N) is 2. The summed E-state index contributed by atoms with van der Waals surface area (Å²) in [6.07, 6.45) is -4.72. The molecule has 1 saturated heterocycles. The Morgan fingerprint density at radius 2 is 1.92 bits per heavy atom. The van der Waals surface area contributed by atoms with Crippen molar-refractivity contribution in [3.8, 4) is 5.75 Å². The second kappa shape index (κ2) is 8.56. The van der Waals surface area contributed by atoms with E-state index in [1.807, 2.05) is 0 Å². The summed E-state index contributed by atoms with van der Waals surface area (Å²) in [4.78, 5) is 17.6. The van der Waals surface area contributed by atoms with Gasteiger partial charge in [-0.15, -0.1) is 13.2 Å². The van der Waals surface area contributed by atoms with Crippen molar-refractivity contribution in [2.45, 2.75) is 12.9 Å². The number of morpholine rings is 1. The quantitative estimate of drug-likeness (QED) is 0.600. The highest BCUT2D eigenvalue weighted by Gasteiger charge is 2.30. The van der Waals surface area contributed by atoms with Crippen LogP contribution < -0.4 is 15.8 Å². The third kappa shape index (κ3) is 6.87. The molecular weight excluding hydrogens is 341 g/mol. The van der Waals surface area contributed by atoms with Gasteiger partial charge in [-0.05, 0) is 17.7 Å². The van der Waals surface area contributed by atoms with Crippen molar-refractivity contribution in [2.24, 2.45) is 10.7 Å². The van der Waals surface area contributed by atoms with E-state index in [2.05, 4.69) is 15.0 Å². The molecule has 0 radical (unpaired) electrons. The highest BCUT2D eigenvalue weighted by Crippen LogP contribution is 2.22. The summed E-state index contributed by atoms with van der Waals surface area (Å²) in [6.45, 7) is 2.31. The normalized spacial score (nSPS) is 15.8. The number of guanidine groups is 1. The third-order valence-corrected chi connectivity index (χ3v) is 3.37. The fraction of sp³-hybridized carbons (Fsp3) is 0.467. The molecule has 0 spiro atoms. The Balaban J connectivity index is 1.77. The van der Waals surface area contributed by atoms with Gasteiger partial charge in [0, 0.05) is 13.1 Å². The number of nitrogens with two attached hydrogens (primary N) is 1. The van der Waals surface area contributed by atoms with Gasteiger partial charge in [-0.3, -0.25) is 4.79 Å². The van der Waals surface area contributed by atoms with Crippen molar-refractivity contribution in [1.82, 2.24) is 10.2 Å². The van der Waals surface area contributed by atoms with Crippen LogP contribution in [0.25, 0.3) is 0 Å². The summed E-state index contributed by atoms with van der Waals surface area (Å²) in [6, 6.07) is 5.31. The zero-order valence-electron chi connectivity index (χ0n) is 13.4. The molecule has 0 bridgehead atoms. The monoisotopic (exact) mass is 360 g/mol. The van der Waals surface area contributed by atoms with Crippen LogP contribution >= 0.6 is 0 Å². The van der Waals surface area contributed by atoms with Gasteiger partial charge in [0.2, 0.25) is 5.91 Å². The van der Waals surface area contributed by atoms with Gasteiger partial charge in [0.05, 0.1) is 26.3 Å². The molecular formula is C15H19F3N4O3. The molecule has 7 nitrogen and oxygen atoms in total. The van der Waals surface area contributed by atoms with E-state index in [9.17, 15) is 18.0 Å². The summed E-state index contributed by atoms with van der Waals surface area (Å²) in [5.41, 5.74) is 6.33. The first-order chi connectivity index (χ1) is 11.8. The fourth-order valence-corrected chi connectivity index (χ4v) is 2.12. The molecule has 1 aromatic rings. The Bertz CT molecular complexity index is 599. The minimum absolute atomic E-state index is 0.0215. The van der Waals surface area contributed by atoms with E-state index >= 15 is 0 Å². The van der Waals surface area contributed by atoms with E-state index in [0.29, 0.717) is 31.9 Å². The van der Waals surface area contributed by atoms with Crippen LogP contribution in [0.4, 0.5) is 13.2 Å². The van der Waals surface area contributed by atoms with Crippen molar-refractivity contribution in [3.05, 3.63) is 29.8 Å². The highest BCUT2D eigenvalue weighted by atomic mass is 19.4. The highest BCUT2D eigenvalue weighted by molar-refractivity contribution is 5.85. The number of rotatable bonds is 5. The largest absolute Gasteiger partial charge is 0.573 e. The number of hydrogen-bond acceptors (Lipinski definition) is 4. The second-order valence-corrected chi connectivity index (χ2v) is 5.24. The van der Waals surface area contributed by atoms with Crippen molar-refractivity contribution in [3.63, 3.8) is 0 Å². The Morgan fingerprint density at radius 3 is 2.52 bits per heavy atom. The minimum atomic E-state index is -4.72. The molecule has 0 unspecified atom stereocenters. The lowest BCUT2D eigenvalue weighted by Crippen LogP contribution is -2.46. The summed E-state index contributed by atoms with van der Waals surface area (Å²) >= 11 is 0. The molecule has 1 aromatic carbocycles. The number of amides is 1. The first-order valence-electron chi connectivity index (χ1n) is 7.57. The molecule has 1 aliphatic heterocycles. The molecule has 3 N–H and O–H groups in total. The zero-order chi connectivity index (χ0) is 18.3. The maximum Gasteiger partial charge on any atom is 0.573 e. The average Bonchev–Trinajstić information content (AvgIpc) is 2.58. The zero-order valence-corrected chi connectivity index (χ0v) is 13.4. The van der Waals surface area contributed by atoms with E-state index in [1.165, 1.54) is 24.3 Å². The SMILES string of the molecule is NC(=NCc1ccc(OC(F)(F)F)cc1)NCC(=O)N1CCOCC1. The standard InChI is InChI=1S/C15H19F3N4O3/c16-15(17,18)25-12-3-1-11(2-4-12)9-20-14(19)21-10-13(23)22-5-7-24-8-6-22/h1-4H,5-10H2,(H3,19,20,21). The first kappa shape index (κ1) is 18.8.